The van der Waals surface area contributed by atoms with Crippen molar-refractivity contribution in [3.63, 3.8) is 0 Å². The molecule has 2 N–H and O–H groups in total. The van der Waals surface area contributed by atoms with Gasteiger partial charge in [0.15, 0.2) is 0 Å². The van der Waals surface area contributed by atoms with Crippen LogP contribution in [0.4, 0.5) is 20.5 Å². The first-order chi connectivity index (χ1) is 21.8. The molecule has 5 aromatic rings. The zero-order valence-electron chi connectivity index (χ0n) is 23.4. The molecule has 46 heavy (non-hydrogen) atoms. The Morgan fingerprint density at radius 1 is 0.978 bits per heavy atom. The standard InChI is InChI=1S/C30H21BrCl2F2N3O7P/c1-43-28(39)19-5-3-7-22(14-19)44-21-6-2-4-18(13-21)27-36-37-29(45-27)38(20-9-11-25(32)26(33)15-20)16-17-8-10-23(24(31)12-17)30(34,35)46(40,41)42/h2-15H,16H2,1H3,(H2,40,41,42). The Kier molecular flexibility index (Phi) is 9.83. The molecule has 0 amide bonds. The van der Waals surface area contributed by atoms with Crippen molar-refractivity contribution in [1.82, 2.24) is 10.2 Å². The number of benzene rings is 4. The molecule has 0 aliphatic heterocycles. The van der Waals surface area contributed by atoms with Gasteiger partial charge in [-0.3, -0.25) is 9.46 Å². The molecule has 0 atom stereocenters. The van der Waals surface area contributed by atoms with Gasteiger partial charge in [0.2, 0.25) is 5.89 Å². The van der Waals surface area contributed by atoms with Crippen LogP contribution in [-0.2, 0) is 21.5 Å². The van der Waals surface area contributed by atoms with E-state index in [1.807, 2.05) is 0 Å². The van der Waals surface area contributed by atoms with Crippen molar-refractivity contribution in [1.29, 1.82) is 0 Å². The average Bonchev–Trinajstić information content (AvgIpc) is 3.51. The third-order valence-electron chi connectivity index (χ3n) is 6.50. The van der Waals surface area contributed by atoms with E-state index in [1.165, 1.54) is 25.3 Å². The number of carbonyl (C=O) groups excluding carboxylic acids is 1. The largest absolute Gasteiger partial charge is 0.465 e. The lowest BCUT2D eigenvalue weighted by Gasteiger charge is -2.23. The molecular formula is C30H21BrCl2F2N3O7P. The van der Waals surface area contributed by atoms with Crippen LogP contribution >= 0.6 is 46.7 Å². The molecule has 0 radical (unpaired) electrons. The zero-order valence-corrected chi connectivity index (χ0v) is 27.4. The lowest BCUT2D eigenvalue weighted by atomic mass is 10.1. The Morgan fingerprint density at radius 3 is 2.37 bits per heavy atom. The van der Waals surface area contributed by atoms with Gasteiger partial charge in [-0.2, -0.15) is 8.78 Å². The minimum absolute atomic E-state index is 0.00577. The minimum atomic E-state index is -5.79. The summed E-state index contributed by atoms with van der Waals surface area (Å²) in [6.07, 6.45) is 0. The smallest absolute Gasteiger partial charge is 0.399 e. The lowest BCUT2D eigenvalue weighted by molar-refractivity contribution is 0.0557. The van der Waals surface area contributed by atoms with E-state index in [9.17, 15) is 18.1 Å². The van der Waals surface area contributed by atoms with Gasteiger partial charge in [0.25, 0.3) is 0 Å². The Labute approximate surface area is 278 Å². The third kappa shape index (κ3) is 7.25. The molecule has 0 bridgehead atoms. The quantitative estimate of drug-likeness (QED) is 0.105. The van der Waals surface area contributed by atoms with Crippen LogP contribution in [-0.4, -0.2) is 33.1 Å². The van der Waals surface area contributed by atoms with Crippen molar-refractivity contribution in [2.24, 2.45) is 0 Å². The van der Waals surface area contributed by atoms with Gasteiger partial charge in [-0.25, -0.2) is 4.79 Å². The number of alkyl halides is 2. The van der Waals surface area contributed by atoms with Crippen molar-refractivity contribution < 1.29 is 41.8 Å². The highest BCUT2D eigenvalue weighted by molar-refractivity contribution is 9.10. The summed E-state index contributed by atoms with van der Waals surface area (Å²) < 4.78 is 56.8. The van der Waals surface area contributed by atoms with Crippen molar-refractivity contribution in [3.8, 4) is 23.0 Å². The SMILES string of the molecule is COC(=O)c1cccc(Oc2cccc(-c3nnc(N(Cc4ccc(C(F)(F)P(=O)(O)O)c(Br)c4)c4ccc(Cl)c(Cl)c4)o3)c2)c1. The van der Waals surface area contributed by atoms with Gasteiger partial charge in [-0.1, -0.05) is 68.5 Å². The number of esters is 1. The van der Waals surface area contributed by atoms with Gasteiger partial charge >= 0.3 is 25.2 Å². The molecule has 0 saturated heterocycles. The number of anilines is 2. The molecule has 0 unspecified atom stereocenters. The van der Waals surface area contributed by atoms with Gasteiger partial charge < -0.3 is 23.7 Å². The van der Waals surface area contributed by atoms with Crippen LogP contribution in [0.3, 0.4) is 0 Å². The fraction of sp³-hybridized carbons (Fsp3) is 0.100. The summed E-state index contributed by atoms with van der Waals surface area (Å²) in [4.78, 5) is 31.8. The molecule has 16 heteroatoms. The second-order valence-electron chi connectivity index (χ2n) is 9.62. The van der Waals surface area contributed by atoms with Gasteiger partial charge in [-0.05, 0) is 66.2 Å². The van der Waals surface area contributed by atoms with Crippen molar-refractivity contribution in [3.05, 3.63) is 116 Å². The summed E-state index contributed by atoms with van der Waals surface area (Å²) in [5, 5.41) is 8.88. The molecule has 5 rings (SSSR count). The second kappa shape index (κ2) is 13.5. The fourth-order valence-electron chi connectivity index (χ4n) is 4.24. The first-order valence-electron chi connectivity index (χ1n) is 13.0. The maximum atomic E-state index is 14.4. The predicted molar refractivity (Wildman–Crippen MR) is 170 cm³/mol. The molecule has 0 aliphatic rings. The Morgan fingerprint density at radius 2 is 1.70 bits per heavy atom. The maximum Gasteiger partial charge on any atom is 0.399 e. The molecule has 0 saturated carbocycles. The number of ether oxygens (including phenoxy) is 2. The number of carbonyl (C=O) groups is 1. The highest BCUT2D eigenvalue weighted by Gasteiger charge is 2.51. The first kappa shape index (κ1) is 33.5. The first-order valence-corrected chi connectivity index (χ1v) is 16.2. The van der Waals surface area contributed by atoms with Crippen molar-refractivity contribution in [2.45, 2.75) is 12.2 Å². The summed E-state index contributed by atoms with van der Waals surface area (Å²) >= 11 is 15.4. The van der Waals surface area contributed by atoms with E-state index >= 15 is 0 Å². The number of halogens is 5. The highest BCUT2D eigenvalue weighted by atomic mass is 79.9. The van der Waals surface area contributed by atoms with Crippen LogP contribution in [0.2, 0.25) is 10.0 Å². The Balaban J connectivity index is 1.46. The third-order valence-corrected chi connectivity index (χ3v) is 8.86. The van der Waals surface area contributed by atoms with Gasteiger partial charge in [0.1, 0.15) is 11.5 Å². The van der Waals surface area contributed by atoms with E-state index < -0.39 is 24.8 Å². The number of hydrogen-bond donors (Lipinski definition) is 2. The zero-order chi connectivity index (χ0) is 33.2. The van der Waals surface area contributed by atoms with E-state index in [2.05, 4.69) is 26.1 Å². The average molecular weight is 755 g/mol. The number of aromatic nitrogens is 2. The van der Waals surface area contributed by atoms with Crippen molar-refractivity contribution >= 4 is 64.4 Å². The van der Waals surface area contributed by atoms with E-state index in [1.54, 1.807) is 65.6 Å². The molecule has 10 nitrogen and oxygen atoms in total. The van der Waals surface area contributed by atoms with Crippen LogP contribution < -0.4 is 9.64 Å². The Hall–Kier alpha value is -3.84. The molecular weight excluding hydrogens is 734 g/mol. The summed E-state index contributed by atoms with van der Waals surface area (Å²) in [6, 6.07) is 21.5. The Bertz CT molecular complexity index is 1970. The van der Waals surface area contributed by atoms with E-state index in [4.69, 9.17) is 46.9 Å². The monoisotopic (exact) mass is 753 g/mol. The van der Waals surface area contributed by atoms with Crippen LogP contribution in [0.15, 0.2) is 93.8 Å². The van der Waals surface area contributed by atoms with Gasteiger partial charge in [0.05, 0.1) is 29.3 Å². The predicted octanol–water partition coefficient (Wildman–Crippen LogP) is 8.95. The van der Waals surface area contributed by atoms with Crippen LogP contribution in [0.25, 0.3) is 11.5 Å². The minimum Gasteiger partial charge on any atom is -0.465 e. The van der Waals surface area contributed by atoms with E-state index in [0.29, 0.717) is 33.9 Å². The normalized spacial score (nSPS) is 11.7. The number of methoxy groups -OCH3 is 1. The molecule has 0 fully saturated rings. The van der Waals surface area contributed by atoms with Crippen LogP contribution in [0.1, 0.15) is 21.5 Å². The second-order valence-corrected chi connectivity index (χ2v) is 12.9. The maximum absolute atomic E-state index is 14.4. The summed E-state index contributed by atoms with van der Waals surface area (Å²) in [5.41, 5.74) is -3.55. The number of hydrogen-bond acceptors (Lipinski definition) is 8. The highest BCUT2D eigenvalue weighted by Crippen LogP contribution is 2.60. The molecule has 4 aromatic carbocycles. The van der Waals surface area contributed by atoms with E-state index in [-0.39, 0.29) is 33.0 Å². The molecule has 1 aromatic heterocycles. The van der Waals surface area contributed by atoms with Gasteiger partial charge in [-0.15, -0.1) is 5.10 Å². The fourth-order valence-corrected chi connectivity index (χ4v) is 5.87. The molecule has 238 valence electrons. The lowest BCUT2D eigenvalue weighted by Crippen LogP contribution is -2.18. The van der Waals surface area contributed by atoms with Crippen LogP contribution in [0, 0.1) is 0 Å². The molecule has 1 heterocycles. The van der Waals surface area contributed by atoms with E-state index in [0.717, 1.165) is 6.07 Å². The molecule has 0 spiro atoms. The summed E-state index contributed by atoms with van der Waals surface area (Å²) in [6.45, 7) is -0.0142. The number of nitrogens with zero attached hydrogens (tertiary/aromatic N) is 3. The van der Waals surface area contributed by atoms with Crippen LogP contribution in [0.5, 0.6) is 11.5 Å². The van der Waals surface area contributed by atoms with Gasteiger partial charge in [0, 0.05) is 21.3 Å². The topological polar surface area (TPSA) is 135 Å². The summed E-state index contributed by atoms with van der Waals surface area (Å²) in [5.74, 6) is 0.420. The molecule has 0 aliphatic carbocycles. The summed E-state index contributed by atoms with van der Waals surface area (Å²) in [7, 11) is -4.50. The van der Waals surface area contributed by atoms with Crippen molar-refractivity contribution in [2.75, 3.05) is 12.0 Å². The number of rotatable bonds is 10.